The van der Waals surface area contributed by atoms with Gasteiger partial charge in [0.2, 0.25) is 10.0 Å². The van der Waals surface area contributed by atoms with Crippen LogP contribution in [0.15, 0.2) is 53.4 Å². The van der Waals surface area contributed by atoms with Gasteiger partial charge in [0.1, 0.15) is 17.6 Å². The number of imide groups is 1. The van der Waals surface area contributed by atoms with Crippen LogP contribution in [0.1, 0.15) is 6.42 Å². The van der Waals surface area contributed by atoms with E-state index >= 15 is 0 Å². The first-order valence-electron chi connectivity index (χ1n) is 8.89. The number of benzene rings is 2. The van der Waals surface area contributed by atoms with Crippen molar-refractivity contribution in [2.75, 3.05) is 18.6 Å². The van der Waals surface area contributed by atoms with Crippen LogP contribution in [0.3, 0.4) is 0 Å². The Morgan fingerprint density at radius 2 is 1.72 bits per heavy atom. The average Bonchev–Trinajstić information content (AvgIpc) is 3.14. The molecule has 2 aliphatic heterocycles. The number of sulfonamides is 1. The smallest absolute Gasteiger partial charge is 0.329 e. The molecule has 0 unspecified atom stereocenters. The van der Waals surface area contributed by atoms with Crippen LogP contribution in [0, 0.1) is 5.82 Å². The van der Waals surface area contributed by atoms with E-state index in [0.29, 0.717) is 12.2 Å². The number of hydrogen-bond donors (Lipinski definition) is 1. The molecule has 2 saturated heterocycles. The van der Waals surface area contributed by atoms with E-state index in [1.54, 1.807) is 0 Å². The van der Waals surface area contributed by atoms with Gasteiger partial charge in [0.15, 0.2) is 0 Å². The molecule has 1 N–H and O–H groups in total. The van der Waals surface area contributed by atoms with E-state index in [1.165, 1.54) is 43.5 Å². The number of rotatable bonds is 4. The summed E-state index contributed by atoms with van der Waals surface area (Å²) < 4.78 is 45.7. The molecule has 2 aliphatic rings. The summed E-state index contributed by atoms with van der Waals surface area (Å²) in [5.41, 5.74) is 0.168. The number of halogens is 1. The molecule has 2 aromatic rings. The number of carbonyl (C=O) groups excluding carboxylic acids is 2. The first kappa shape index (κ1) is 19.3. The number of amides is 3. The van der Waals surface area contributed by atoms with Crippen LogP contribution in [-0.2, 0) is 14.8 Å². The number of fused-ring (bicyclic) bond motifs is 1. The summed E-state index contributed by atoms with van der Waals surface area (Å²) in [6, 6.07) is 8.35. The molecule has 2 atom stereocenters. The van der Waals surface area contributed by atoms with Crippen molar-refractivity contribution < 1.29 is 27.1 Å². The van der Waals surface area contributed by atoms with Gasteiger partial charge in [-0.1, -0.05) is 0 Å². The van der Waals surface area contributed by atoms with Gasteiger partial charge in [-0.15, -0.1) is 0 Å². The molecule has 8 nitrogen and oxygen atoms in total. The fourth-order valence-electron chi connectivity index (χ4n) is 3.65. The molecule has 0 radical (unpaired) electrons. The number of nitrogens with one attached hydrogen (secondary N) is 1. The van der Waals surface area contributed by atoms with Gasteiger partial charge in [0.05, 0.1) is 23.7 Å². The Balaban J connectivity index is 1.68. The van der Waals surface area contributed by atoms with Gasteiger partial charge in [-0.05, 0) is 55.0 Å². The molecule has 29 heavy (non-hydrogen) atoms. The van der Waals surface area contributed by atoms with Crippen LogP contribution in [0.2, 0.25) is 0 Å². The van der Waals surface area contributed by atoms with Crippen molar-refractivity contribution in [1.82, 2.24) is 9.62 Å². The number of carbonyl (C=O) groups is 2. The summed E-state index contributed by atoms with van der Waals surface area (Å²) in [4.78, 5) is 26.5. The lowest BCUT2D eigenvalue weighted by atomic mass is 10.1. The lowest BCUT2D eigenvalue weighted by molar-refractivity contribution is -0.122. The van der Waals surface area contributed by atoms with Crippen molar-refractivity contribution in [1.29, 1.82) is 0 Å². The Morgan fingerprint density at radius 1 is 1.07 bits per heavy atom. The molecule has 3 amide bonds. The second kappa shape index (κ2) is 7.12. The standard InChI is InChI=1S/C19H18FN3O5S/c1-28-14-6-8-15(9-7-14)29(26,27)22-11-10-16-17(22)18(24)23(19(25)21-16)13-4-2-12(20)3-5-13/h2-9,16-17H,10-11H2,1H3,(H,21,25)/t16-,17-/m0/s1. The highest BCUT2D eigenvalue weighted by Gasteiger charge is 2.52. The molecule has 0 aliphatic carbocycles. The normalized spacial score (nSPS) is 22.3. The highest BCUT2D eigenvalue weighted by atomic mass is 32.2. The summed E-state index contributed by atoms with van der Waals surface area (Å²) in [7, 11) is -2.50. The SMILES string of the molecule is COc1ccc(S(=O)(=O)N2CC[C@@H]3NC(=O)N(c4ccc(F)cc4)C(=O)[C@H]32)cc1. The maximum atomic E-state index is 13.2. The highest BCUT2D eigenvalue weighted by molar-refractivity contribution is 7.89. The molecular formula is C19H18FN3O5S. The van der Waals surface area contributed by atoms with Crippen LogP contribution in [0.5, 0.6) is 5.75 Å². The van der Waals surface area contributed by atoms with Crippen LogP contribution >= 0.6 is 0 Å². The number of hydrogen-bond acceptors (Lipinski definition) is 5. The van der Waals surface area contributed by atoms with Gasteiger partial charge >= 0.3 is 6.03 Å². The van der Waals surface area contributed by atoms with Gasteiger partial charge < -0.3 is 10.1 Å². The van der Waals surface area contributed by atoms with Gasteiger partial charge in [-0.3, -0.25) is 4.79 Å². The zero-order valence-electron chi connectivity index (χ0n) is 15.4. The summed E-state index contributed by atoms with van der Waals surface area (Å²) in [5, 5.41) is 2.69. The number of ether oxygens (including phenoxy) is 1. The van der Waals surface area contributed by atoms with Gasteiger partial charge in [-0.2, -0.15) is 4.31 Å². The zero-order valence-corrected chi connectivity index (χ0v) is 16.2. The summed E-state index contributed by atoms with van der Waals surface area (Å²) in [6.45, 7) is 0.0903. The van der Waals surface area contributed by atoms with Crippen LogP contribution in [0.4, 0.5) is 14.9 Å². The third kappa shape index (κ3) is 3.23. The van der Waals surface area contributed by atoms with Crippen molar-refractivity contribution in [2.45, 2.75) is 23.4 Å². The van der Waals surface area contributed by atoms with Crippen molar-refractivity contribution in [3.05, 3.63) is 54.3 Å². The predicted octanol–water partition coefficient (Wildman–Crippen LogP) is 1.72. The zero-order chi connectivity index (χ0) is 20.8. The van der Waals surface area contributed by atoms with Crippen LogP contribution in [-0.4, -0.2) is 50.4 Å². The number of urea groups is 1. The average molecular weight is 419 g/mol. The molecule has 2 heterocycles. The van der Waals surface area contributed by atoms with Crippen molar-refractivity contribution in [2.24, 2.45) is 0 Å². The fourth-order valence-corrected chi connectivity index (χ4v) is 5.29. The second-order valence-electron chi connectivity index (χ2n) is 6.73. The van der Waals surface area contributed by atoms with E-state index in [1.807, 2.05) is 0 Å². The predicted molar refractivity (Wildman–Crippen MR) is 101 cm³/mol. The summed E-state index contributed by atoms with van der Waals surface area (Å²) >= 11 is 0. The van der Waals surface area contributed by atoms with E-state index in [2.05, 4.69) is 5.32 Å². The summed E-state index contributed by atoms with van der Waals surface area (Å²) in [5.74, 6) is -0.673. The topological polar surface area (TPSA) is 96.0 Å². The minimum absolute atomic E-state index is 0.0250. The molecule has 0 spiro atoms. The maximum Gasteiger partial charge on any atom is 0.329 e. The first-order valence-corrected chi connectivity index (χ1v) is 10.3. The Bertz CT molecular complexity index is 1060. The third-order valence-corrected chi connectivity index (χ3v) is 6.98. The van der Waals surface area contributed by atoms with E-state index < -0.39 is 39.9 Å². The number of anilines is 1. The molecule has 0 saturated carbocycles. The molecule has 4 rings (SSSR count). The quantitative estimate of drug-likeness (QED) is 0.814. The van der Waals surface area contributed by atoms with Crippen molar-refractivity contribution >= 4 is 27.6 Å². The second-order valence-corrected chi connectivity index (χ2v) is 8.62. The Kier molecular flexibility index (Phi) is 4.75. The lowest BCUT2D eigenvalue weighted by Gasteiger charge is -2.36. The van der Waals surface area contributed by atoms with Crippen LogP contribution < -0.4 is 15.0 Å². The molecule has 152 valence electrons. The molecular weight excluding hydrogens is 401 g/mol. The number of methoxy groups -OCH3 is 1. The minimum Gasteiger partial charge on any atom is -0.497 e. The molecule has 2 fully saturated rings. The lowest BCUT2D eigenvalue weighted by Crippen LogP contribution is -2.64. The maximum absolute atomic E-state index is 13.2. The van der Waals surface area contributed by atoms with Crippen molar-refractivity contribution in [3.63, 3.8) is 0 Å². The minimum atomic E-state index is -3.98. The van der Waals surface area contributed by atoms with E-state index in [4.69, 9.17) is 4.74 Å². The van der Waals surface area contributed by atoms with Gasteiger partial charge in [0.25, 0.3) is 5.91 Å². The van der Waals surface area contributed by atoms with E-state index in [9.17, 15) is 22.4 Å². The molecule has 0 bridgehead atoms. The van der Waals surface area contributed by atoms with Gasteiger partial charge in [-0.25, -0.2) is 22.5 Å². The van der Waals surface area contributed by atoms with E-state index in [0.717, 1.165) is 21.3 Å². The summed E-state index contributed by atoms with van der Waals surface area (Å²) in [6.07, 6.45) is 0.314. The van der Waals surface area contributed by atoms with Gasteiger partial charge in [0, 0.05) is 6.54 Å². The Hall–Kier alpha value is -2.98. The molecule has 10 heteroatoms. The van der Waals surface area contributed by atoms with Crippen molar-refractivity contribution in [3.8, 4) is 5.75 Å². The largest absolute Gasteiger partial charge is 0.497 e. The monoisotopic (exact) mass is 419 g/mol. The molecule has 2 aromatic carbocycles. The number of nitrogens with zero attached hydrogens (tertiary/aromatic N) is 2. The Morgan fingerprint density at radius 3 is 2.34 bits per heavy atom. The van der Waals surface area contributed by atoms with Crippen LogP contribution in [0.25, 0.3) is 0 Å². The highest BCUT2D eigenvalue weighted by Crippen LogP contribution is 2.32. The Labute approximate surface area is 166 Å². The third-order valence-electron chi connectivity index (χ3n) is 5.09. The molecule has 0 aromatic heterocycles. The fraction of sp³-hybridized carbons (Fsp3) is 0.263. The first-order chi connectivity index (χ1) is 13.8. The van der Waals surface area contributed by atoms with E-state index in [-0.39, 0.29) is 17.1 Å².